The fraction of sp³-hybridized carbons (Fsp3) is 0.455. The van der Waals surface area contributed by atoms with Gasteiger partial charge in [0.25, 0.3) is 0 Å². The van der Waals surface area contributed by atoms with Crippen molar-refractivity contribution < 1.29 is 14.9 Å². The van der Waals surface area contributed by atoms with Crippen LogP contribution in [0, 0.1) is 6.92 Å². The molecule has 1 atom stereocenters. The number of benzene rings is 2. The smallest absolute Gasteiger partial charge is 0.127 e. The zero-order chi connectivity index (χ0) is 19.2. The molecule has 1 fully saturated rings. The van der Waals surface area contributed by atoms with Gasteiger partial charge in [-0.05, 0) is 25.0 Å². The van der Waals surface area contributed by atoms with Crippen LogP contribution in [0.15, 0.2) is 42.5 Å². The number of phenols is 1. The van der Waals surface area contributed by atoms with Crippen LogP contribution in [-0.4, -0.2) is 59.4 Å². The molecule has 3 rings (SSSR count). The maximum absolute atomic E-state index is 9.65. The highest BCUT2D eigenvalue weighted by molar-refractivity contribution is 5.40. The molecule has 0 unspecified atom stereocenters. The van der Waals surface area contributed by atoms with Gasteiger partial charge in [-0.15, -0.1) is 0 Å². The Balaban J connectivity index is 1.65. The van der Waals surface area contributed by atoms with Crippen LogP contribution in [0.1, 0.15) is 23.1 Å². The second-order valence-corrected chi connectivity index (χ2v) is 7.35. The van der Waals surface area contributed by atoms with E-state index < -0.39 is 0 Å². The van der Waals surface area contributed by atoms with E-state index in [2.05, 4.69) is 41.0 Å². The Bertz CT molecular complexity index is 733. The van der Waals surface area contributed by atoms with E-state index in [0.717, 1.165) is 50.5 Å². The van der Waals surface area contributed by atoms with Gasteiger partial charge in [-0.3, -0.25) is 9.80 Å². The molecular formula is C22H30N2O3. The van der Waals surface area contributed by atoms with Gasteiger partial charge in [-0.2, -0.15) is 0 Å². The van der Waals surface area contributed by atoms with Gasteiger partial charge >= 0.3 is 0 Å². The lowest BCUT2D eigenvalue weighted by Crippen LogP contribution is -2.52. The predicted molar refractivity (Wildman–Crippen MR) is 107 cm³/mol. The van der Waals surface area contributed by atoms with Gasteiger partial charge in [0, 0.05) is 57.0 Å². The molecule has 0 aliphatic carbocycles. The van der Waals surface area contributed by atoms with Gasteiger partial charge in [-0.25, -0.2) is 0 Å². The largest absolute Gasteiger partial charge is 0.508 e. The van der Waals surface area contributed by atoms with E-state index in [-0.39, 0.29) is 12.4 Å². The van der Waals surface area contributed by atoms with Gasteiger partial charge < -0.3 is 14.9 Å². The Morgan fingerprint density at radius 3 is 2.56 bits per heavy atom. The number of nitrogens with zero attached hydrogens (tertiary/aromatic N) is 2. The van der Waals surface area contributed by atoms with Crippen LogP contribution in [-0.2, 0) is 13.1 Å². The Morgan fingerprint density at radius 2 is 1.85 bits per heavy atom. The fourth-order valence-corrected chi connectivity index (χ4v) is 3.76. The molecule has 1 aliphatic rings. The van der Waals surface area contributed by atoms with Crippen molar-refractivity contribution in [3.63, 3.8) is 0 Å². The van der Waals surface area contributed by atoms with E-state index in [9.17, 15) is 10.2 Å². The first-order chi connectivity index (χ1) is 13.1. The van der Waals surface area contributed by atoms with Crippen molar-refractivity contribution in [3.8, 4) is 11.5 Å². The average molecular weight is 370 g/mol. The SMILES string of the molecule is COc1cc(O)ccc1CN1CCN(Cc2ccc(C)cc2)[C@@H](CCO)C1. The monoisotopic (exact) mass is 370 g/mol. The van der Waals surface area contributed by atoms with Crippen molar-refractivity contribution in [3.05, 3.63) is 59.2 Å². The molecule has 146 valence electrons. The summed E-state index contributed by atoms with van der Waals surface area (Å²) < 4.78 is 5.41. The third kappa shape index (κ3) is 5.22. The molecule has 1 saturated heterocycles. The quantitative estimate of drug-likeness (QED) is 0.785. The Kier molecular flexibility index (Phi) is 6.72. The lowest BCUT2D eigenvalue weighted by atomic mass is 10.1. The van der Waals surface area contributed by atoms with Gasteiger partial charge in [0.15, 0.2) is 0 Å². The van der Waals surface area contributed by atoms with Gasteiger partial charge in [0.1, 0.15) is 11.5 Å². The molecule has 2 N–H and O–H groups in total. The van der Waals surface area contributed by atoms with Crippen LogP contribution >= 0.6 is 0 Å². The number of aliphatic hydroxyl groups excluding tert-OH is 1. The van der Waals surface area contributed by atoms with Crippen LogP contribution < -0.4 is 4.74 Å². The number of hydrogen-bond donors (Lipinski definition) is 2. The maximum atomic E-state index is 9.65. The first kappa shape index (κ1) is 19.7. The normalized spacial score (nSPS) is 18.6. The molecule has 0 amide bonds. The predicted octanol–water partition coefficient (Wildman–Crippen LogP) is 2.78. The van der Waals surface area contributed by atoms with E-state index in [0.29, 0.717) is 6.04 Å². The van der Waals surface area contributed by atoms with Crippen molar-refractivity contribution in [2.24, 2.45) is 0 Å². The minimum Gasteiger partial charge on any atom is -0.508 e. The molecule has 0 radical (unpaired) electrons. The summed E-state index contributed by atoms with van der Waals surface area (Å²) in [7, 11) is 1.63. The molecule has 1 heterocycles. The summed E-state index contributed by atoms with van der Waals surface area (Å²) in [6, 6.07) is 14.3. The first-order valence-electron chi connectivity index (χ1n) is 9.57. The first-order valence-corrected chi connectivity index (χ1v) is 9.57. The molecule has 0 saturated carbocycles. The third-order valence-corrected chi connectivity index (χ3v) is 5.32. The van der Waals surface area contributed by atoms with Crippen LogP contribution in [0.25, 0.3) is 0 Å². The second kappa shape index (κ2) is 9.22. The fourth-order valence-electron chi connectivity index (χ4n) is 3.76. The zero-order valence-corrected chi connectivity index (χ0v) is 16.3. The van der Waals surface area contributed by atoms with Crippen molar-refractivity contribution in [1.29, 1.82) is 0 Å². The summed E-state index contributed by atoms with van der Waals surface area (Å²) in [6.45, 7) is 6.86. The molecule has 0 spiro atoms. The number of aromatic hydroxyl groups is 1. The molecule has 0 bridgehead atoms. The molecule has 5 nitrogen and oxygen atoms in total. The number of aryl methyl sites for hydroxylation is 1. The van der Waals surface area contributed by atoms with E-state index in [1.54, 1.807) is 19.2 Å². The summed E-state index contributed by atoms with van der Waals surface area (Å²) in [5.74, 6) is 0.937. The van der Waals surface area contributed by atoms with Crippen LogP contribution in [0.2, 0.25) is 0 Å². The highest BCUT2D eigenvalue weighted by atomic mass is 16.5. The summed E-state index contributed by atoms with van der Waals surface area (Å²) >= 11 is 0. The lowest BCUT2D eigenvalue weighted by Gasteiger charge is -2.41. The summed E-state index contributed by atoms with van der Waals surface area (Å²) in [6.07, 6.45) is 0.773. The lowest BCUT2D eigenvalue weighted by molar-refractivity contribution is 0.0496. The van der Waals surface area contributed by atoms with E-state index in [4.69, 9.17) is 4.74 Å². The minimum absolute atomic E-state index is 0.200. The second-order valence-electron chi connectivity index (χ2n) is 7.35. The molecule has 27 heavy (non-hydrogen) atoms. The number of piperazine rings is 1. The topological polar surface area (TPSA) is 56.2 Å². The third-order valence-electron chi connectivity index (χ3n) is 5.32. The number of phenolic OH excluding ortho intramolecular Hbond substituents is 1. The van der Waals surface area contributed by atoms with Crippen LogP contribution in [0.3, 0.4) is 0 Å². The number of hydrogen-bond acceptors (Lipinski definition) is 5. The number of ether oxygens (including phenoxy) is 1. The summed E-state index contributed by atoms with van der Waals surface area (Å²) in [4.78, 5) is 4.88. The van der Waals surface area contributed by atoms with Crippen molar-refractivity contribution in [2.45, 2.75) is 32.5 Å². The van der Waals surface area contributed by atoms with Gasteiger partial charge in [0.05, 0.1) is 7.11 Å². The molecule has 2 aromatic rings. The van der Waals surface area contributed by atoms with Gasteiger partial charge in [0.2, 0.25) is 0 Å². The molecule has 5 heteroatoms. The Morgan fingerprint density at radius 1 is 1.07 bits per heavy atom. The standard InChI is InChI=1S/C22H30N2O3/c1-17-3-5-18(6-4-17)14-24-11-10-23(16-20(24)9-12-25)15-19-7-8-21(26)13-22(19)27-2/h3-8,13,20,25-26H,9-12,14-16H2,1-2H3/t20-/m0/s1. The Labute approximate surface area is 161 Å². The molecular weight excluding hydrogens is 340 g/mol. The van der Waals surface area contributed by atoms with E-state index in [1.165, 1.54) is 11.1 Å². The zero-order valence-electron chi connectivity index (χ0n) is 16.3. The van der Waals surface area contributed by atoms with Crippen LogP contribution in [0.4, 0.5) is 0 Å². The van der Waals surface area contributed by atoms with Crippen molar-refractivity contribution in [1.82, 2.24) is 9.80 Å². The number of aliphatic hydroxyl groups is 1. The van der Waals surface area contributed by atoms with E-state index >= 15 is 0 Å². The Hall–Kier alpha value is -2.08. The molecule has 1 aliphatic heterocycles. The average Bonchev–Trinajstić information content (AvgIpc) is 2.67. The van der Waals surface area contributed by atoms with Crippen molar-refractivity contribution in [2.75, 3.05) is 33.4 Å². The molecule has 2 aromatic carbocycles. The number of rotatable bonds is 7. The number of methoxy groups -OCH3 is 1. The van der Waals surface area contributed by atoms with Gasteiger partial charge in [-0.1, -0.05) is 35.9 Å². The highest BCUT2D eigenvalue weighted by Crippen LogP contribution is 2.26. The molecule has 0 aromatic heterocycles. The van der Waals surface area contributed by atoms with Crippen molar-refractivity contribution >= 4 is 0 Å². The minimum atomic E-state index is 0.200. The maximum Gasteiger partial charge on any atom is 0.127 e. The van der Waals surface area contributed by atoms with E-state index in [1.807, 2.05) is 6.07 Å². The highest BCUT2D eigenvalue weighted by Gasteiger charge is 2.27. The summed E-state index contributed by atoms with van der Waals surface area (Å²) in [5.41, 5.74) is 3.67. The summed E-state index contributed by atoms with van der Waals surface area (Å²) in [5, 5.41) is 19.2. The van der Waals surface area contributed by atoms with Crippen LogP contribution in [0.5, 0.6) is 11.5 Å².